The van der Waals surface area contributed by atoms with Crippen molar-refractivity contribution in [1.29, 1.82) is 5.26 Å². The van der Waals surface area contributed by atoms with E-state index in [0.717, 1.165) is 5.69 Å². The smallest absolute Gasteiger partial charge is 0.293 e. The lowest BCUT2D eigenvalue weighted by Crippen LogP contribution is -2.34. The molecule has 0 radical (unpaired) electrons. The first-order chi connectivity index (χ1) is 11.9. The number of nitrogens with one attached hydrogen (secondary N) is 1. The predicted molar refractivity (Wildman–Crippen MR) is 90.1 cm³/mol. The second kappa shape index (κ2) is 6.24. The number of anilines is 2. The van der Waals surface area contributed by atoms with Crippen molar-refractivity contribution in [3.8, 4) is 6.07 Å². The summed E-state index contributed by atoms with van der Waals surface area (Å²) in [6.07, 6.45) is 0.514. The molecule has 1 aromatic heterocycles. The van der Waals surface area contributed by atoms with E-state index in [0.29, 0.717) is 18.8 Å². The van der Waals surface area contributed by atoms with Gasteiger partial charge in [-0.05, 0) is 25.5 Å². The first-order valence-electron chi connectivity index (χ1n) is 7.68. The van der Waals surface area contributed by atoms with Gasteiger partial charge in [0.25, 0.3) is 11.6 Å². The van der Waals surface area contributed by atoms with Gasteiger partial charge >= 0.3 is 0 Å². The number of aromatic nitrogens is 2. The molecule has 0 saturated carbocycles. The molecular weight excluding hydrogens is 324 g/mol. The summed E-state index contributed by atoms with van der Waals surface area (Å²) in [5.41, 5.74) is 1.01. The van der Waals surface area contributed by atoms with Crippen LogP contribution in [0.1, 0.15) is 17.7 Å². The number of nitrogens with zero attached hydrogens (tertiary/aromatic N) is 5. The first kappa shape index (κ1) is 16.4. The van der Waals surface area contributed by atoms with Gasteiger partial charge in [0.05, 0.1) is 22.2 Å². The highest BCUT2D eigenvalue weighted by Crippen LogP contribution is 2.29. The zero-order valence-corrected chi connectivity index (χ0v) is 13.8. The van der Waals surface area contributed by atoms with Crippen LogP contribution in [0.2, 0.25) is 0 Å². The number of hydrogen-bond donors (Lipinski definition) is 1. The normalized spacial score (nSPS) is 16.8. The van der Waals surface area contributed by atoms with E-state index >= 15 is 0 Å². The zero-order valence-electron chi connectivity index (χ0n) is 13.8. The first-order valence-corrected chi connectivity index (χ1v) is 7.68. The fraction of sp³-hybridized carbons (Fsp3) is 0.312. The minimum atomic E-state index is -0.568. The number of benzene rings is 1. The number of nitro benzene ring substituents is 1. The number of nitro groups is 1. The Morgan fingerprint density at radius 1 is 1.44 bits per heavy atom. The Hall–Kier alpha value is -3.41. The summed E-state index contributed by atoms with van der Waals surface area (Å²) in [5, 5.41) is 27.3. The zero-order chi connectivity index (χ0) is 18.1. The molecule has 0 spiro atoms. The molecular formula is C16H16N6O3. The van der Waals surface area contributed by atoms with Crippen LogP contribution in [0.3, 0.4) is 0 Å². The van der Waals surface area contributed by atoms with Gasteiger partial charge in [-0.15, -0.1) is 0 Å². The van der Waals surface area contributed by atoms with Gasteiger partial charge in [-0.2, -0.15) is 10.4 Å². The average molecular weight is 340 g/mol. The van der Waals surface area contributed by atoms with Crippen LogP contribution in [0.4, 0.5) is 17.2 Å². The average Bonchev–Trinajstić information content (AvgIpc) is 3.09. The van der Waals surface area contributed by atoms with Crippen LogP contribution in [-0.2, 0) is 11.8 Å². The molecule has 25 heavy (non-hydrogen) atoms. The molecule has 1 aliphatic heterocycles. The molecule has 0 bridgehead atoms. The monoisotopic (exact) mass is 340 g/mol. The molecule has 9 nitrogen and oxygen atoms in total. The molecule has 2 heterocycles. The van der Waals surface area contributed by atoms with Crippen LogP contribution in [-0.4, -0.2) is 33.2 Å². The topological polar surface area (TPSA) is 117 Å². The SMILES string of the molecule is Cc1cc(N2CCC(Nc3ccc(C#N)cc3[N+](=O)[O-])C2=O)n(C)n1. The van der Waals surface area contributed by atoms with E-state index in [1.165, 1.54) is 18.2 Å². The highest BCUT2D eigenvalue weighted by molar-refractivity contribution is 6.00. The van der Waals surface area contributed by atoms with Crippen LogP contribution in [0.5, 0.6) is 0 Å². The molecule has 1 unspecified atom stereocenters. The summed E-state index contributed by atoms with van der Waals surface area (Å²) in [6, 6.07) is 7.27. The second-order valence-electron chi connectivity index (χ2n) is 5.84. The summed E-state index contributed by atoms with van der Waals surface area (Å²) in [7, 11) is 1.77. The van der Waals surface area contributed by atoms with Crippen molar-refractivity contribution in [3.63, 3.8) is 0 Å². The quantitative estimate of drug-likeness (QED) is 0.669. The molecule has 1 saturated heterocycles. The van der Waals surface area contributed by atoms with Crippen molar-refractivity contribution in [2.24, 2.45) is 7.05 Å². The van der Waals surface area contributed by atoms with Crippen LogP contribution >= 0.6 is 0 Å². The minimum absolute atomic E-state index is 0.165. The number of nitriles is 1. The van der Waals surface area contributed by atoms with Crippen LogP contribution in [0.25, 0.3) is 0 Å². The van der Waals surface area contributed by atoms with Crippen LogP contribution in [0.15, 0.2) is 24.3 Å². The largest absolute Gasteiger partial charge is 0.368 e. The third kappa shape index (κ3) is 3.01. The van der Waals surface area contributed by atoms with Gasteiger partial charge in [0.1, 0.15) is 17.5 Å². The van der Waals surface area contributed by atoms with Gasteiger partial charge in [-0.3, -0.25) is 24.5 Å². The Balaban J connectivity index is 1.83. The van der Waals surface area contributed by atoms with Gasteiger partial charge in [0.15, 0.2) is 0 Å². The Bertz CT molecular complexity index is 898. The van der Waals surface area contributed by atoms with Crippen molar-refractivity contribution in [2.45, 2.75) is 19.4 Å². The molecule has 1 fully saturated rings. The minimum Gasteiger partial charge on any atom is -0.368 e. The number of hydrogen-bond acceptors (Lipinski definition) is 6. The molecule has 1 aromatic carbocycles. The van der Waals surface area contributed by atoms with Crippen molar-refractivity contribution in [2.75, 3.05) is 16.8 Å². The molecule has 1 aliphatic rings. The van der Waals surface area contributed by atoms with E-state index in [1.54, 1.807) is 16.6 Å². The molecule has 2 aromatic rings. The fourth-order valence-corrected chi connectivity index (χ4v) is 2.95. The Morgan fingerprint density at radius 2 is 2.20 bits per heavy atom. The van der Waals surface area contributed by atoms with Crippen molar-refractivity contribution in [3.05, 3.63) is 45.6 Å². The highest BCUT2D eigenvalue weighted by atomic mass is 16.6. The van der Waals surface area contributed by atoms with E-state index in [2.05, 4.69) is 10.4 Å². The summed E-state index contributed by atoms with van der Waals surface area (Å²) in [5.74, 6) is 0.530. The maximum Gasteiger partial charge on any atom is 0.293 e. The van der Waals surface area contributed by atoms with E-state index in [9.17, 15) is 14.9 Å². The number of carbonyl (C=O) groups excluding carboxylic acids is 1. The maximum atomic E-state index is 12.7. The molecule has 9 heteroatoms. The summed E-state index contributed by atoms with van der Waals surface area (Å²) >= 11 is 0. The number of rotatable bonds is 4. The van der Waals surface area contributed by atoms with E-state index in [1.807, 2.05) is 19.1 Å². The number of amides is 1. The lowest BCUT2D eigenvalue weighted by atomic mass is 10.1. The third-order valence-electron chi connectivity index (χ3n) is 4.11. The Kier molecular flexibility index (Phi) is 4.10. The molecule has 1 atom stereocenters. The molecule has 3 rings (SSSR count). The van der Waals surface area contributed by atoms with Gasteiger partial charge in [0.2, 0.25) is 0 Å². The van der Waals surface area contributed by atoms with Crippen molar-refractivity contribution in [1.82, 2.24) is 9.78 Å². The predicted octanol–water partition coefficient (Wildman–Crippen LogP) is 1.73. The van der Waals surface area contributed by atoms with E-state index in [-0.39, 0.29) is 22.8 Å². The van der Waals surface area contributed by atoms with Gasteiger partial charge in [-0.25, -0.2) is 0 Å². The number of carbonyl (C=O) groups is 1. The van der Waals surface area contributed by atoms with Gasteiger partial charge in [-0.1, -0.05) is 0 Å². The van der Waals surface area contributed by atoms with Crippen molar-refractivity contribution < 1.29 is 9.72 Å². The fourth-order valence-electron chi connectivity index (χ4n) is 2.95. The molecule has 1 amide bonds. The standard InChI is InChI=1S/C16H16N6O3/c1-10-7-15(20(2)19-10)21-6-5-13(16(21)23)18-12-4-3-11(9-17)8-14(12)22(24)25/h3-4,7-8,13,18H,5-6H2,1-2H3. The lowest BCUT2D eigenvalue weighted by Gasteiger charge is -2.17. The Morgan fingerprint density at radius 3 is 2.80 bits per heavy atom. The Labute approximate surface area is 143 Å². The third-order valence-corrected chi connectivity index (χ3v) is 4.11. The van der Waals surface area contributed by atoms with Crippen LogP contribution in [0, 0.1) is 28.4 Å². The molecule has 0 aliphatic carbocycles. The second-order valence-corrected chi connectivity index (χ2v) is 5.84. The van der Waals surface area contributed by atoms with Crippen molar-refractivity contribution >= 4 is 23.1 Å². The molecule has 128 valence electrons. The summed E-state index contributed by atoms with van der Waals surface area (Å²) in [4.78, 5) is 25.0. The number of aryl methyl sites for hydroxylation is 2. The van der Waals surface area contributed by atoms with Crippen LogP contribution < -0.4 is 10.2 Å². The highest BCUT2D eigenvalue weighted by Gasteiger charge is 2.35. The van der Waals surface area contributed by atoms with E-state index in [4.69, 9.17) is 5.26 Å². The van der Waals surface area contributed by atoms with Gasteiger partial charge < -0.3 is 5.32 Å². The maximum absolute atomic E-state index is 12.7. The summed E-state index contributed by atoms with van der Waals surface area (Å²) < 4.78 is 1.64. The van der Waals surface area contributed by atoms with E-state index < -0.39 is 11.0 Å². The summed E-state index contributed by atoms with van der Waals surface area (Å²) in [6.45, 7) is 2.35. The van der Waals surface area contributed by atoms with Gasteiger partial charge in [0, 0.05) is 25.7 Å². The molecule has 1 N–H and O–H groups in total. The lowest BCUT2D eigenvalue weighted by molar-refractivity contribution is -0.384.